The Balaban J connectivity index is 1.19. The Morgan fingerprint density at radius 1 is 0.963 bits per heavy atom. The second-order valence-electron chi connectivity index (χ2n) is 12.3. The summed E-state index contributed by atoms with van der Waals surface area (Å²) < 4.78 is 55.0. The van der Waals surface area contributed by atoms with Crippen LogP contribution in [0.1, 0.15) is 46.7 Å². The number of hydrogen-bond acceptors (Lipinski definition) is 11. The molecule has 0 aliphatic rings. The number of carbonyl (C=O) groups excluding carboxylic acids is 2. The summed E-state index contributed by atoms with van der Waals surface area (Å²) in [5, 5.41) is 8.68. The van der Waals surface area contributed by atoms with Gasteiger partial charge in [-0.1, -0.05) is 61.8 Å². The van der Waals surface area contributed by atoms with Gasteiger partial charge in [-0.15, -0.1) is 0 Å². The third-order valence-corrected chi connectivity index (χ3v) is 7.86. The lowest BCUT2D eigenvalue weighted by molar-refractivity contribution is -0.154. The Kier molecular flexibility index (Phi) is 13.3. The Morgan fingerprint density at radius 3 is 2.39 bits per heavy atom. The molecular formula is C37H38ClF3N8O5. The van der Waals surface area contributed by atoms with Gasteiger partial charge in [0.2, 0.25) is 11.9 Å². The maximum atomic E-state index is 13.5. The lowest BCUT2D eigenvalue weighted by Crippen LogP contribution is -2.36. The van der Waals surface area contributed by atoms with Gasteiger partial charge in [0.25, 0.3) is 11.8 Å². The fourth-order valence-electron chi connectivity index (χ4n) is 5.13. The molecular weight excluding hydrogens is 729 g/mol. The molecule has 0 spiro atoms. The standard InChI is InChI=1S/C37H38ClF3N8O5/c1-23(2)20-49(33(51)30-31(54-22-44-30)25-8-5-4-6-9-25)16-7-17-52-29-15-10-24(18-28(29)38)19-43-34-46-35(48-36(47-34)53-21-37(39,40)41)45-27-13-11-26(12-14-27)32(50)42-3/h4-6,8-15,18,22-23H,7,16-17,19-21H2,1-3H3,(H,42,50)(H2,43,45,46,47,48). The van der Waals surface area contributed by atoms with Crippen molar-refractivity contribution in [3.63, 3.8) is 0 Å². The van der Waals surface area contributed by atoms with Gasteiger partial charge in [0, 0.05) is 43.5 Å². The van der Waals surface area contributed by atoms with Crippen LogP contribution >= 0.6 is 11.6 Å². The van der Waals surface area contributed by atoms with Crippen LogP contribution in [0.15, 0.2) is 83.6 Å². The van der Waals surface area contributed by atoms with Gasteiger partial charge < -0.3 is 34.7 Å². The molecule has 2 aromatic heterocycles. The zero-order valence-electron chi connectivity index (χ0n) is 29.6. The lowest BCUT2D eigenvalue weighted by Gasteiger charge is -2.24. The maximum Gasteiger partial charge on any atom is 0.422 e. The van der Waals surface area contributed by atoms with Crippen molar-refractivity contribution in [2.75, 3.05) is 44.0 Å². The molecule has 17 heteroatoms. The van der Waals surface area contributed by atoms with Gasteiger partial charge in [0.15, 0.2) is 24.5 Å². The predicted octanol–water partition coefficient (Wildman–Crippen LogP) is 7.40. The Morgan fingerprint density at radius 2 is 1.70 bits per heavy atom. The number of alkyl halides is 3. The number of oxazole rings is 1. The van der Waals surface area contributed by atoms with Crippen molar-refractivity contribution in [1.29, 1.82) is 0 Å². The fraction of sp³-hybridized carbons (Fsp3) is 0.297. The lowest BCUT2D eigenvalue weighted by atomic mass is 10.1. The second-order valence-corrected chi connectivity index (χ2v) is 12.7. The van der Waals surface area contributed by atoms with E-state index in [0.717, 1.165) is 5.56 Å². The minimum absolute atomic E-state index is 0.0647. The number of benzene rings is 3. The van der Waals surface area contributed by atoms with Crippen LogP contribution in [0.25, 0.3) is 11.3 Å². The smallest absolute Gasteiger partial charge is 0.422 e. The van der Waals surface area contributed by atoms with Crippen molar-refractivity contribution in [1.82, 2.24) is 30.2 Å². The number of anilines is 3. The number of nitrogens with one attached hydrogen (secondary N) is 3. The minimum Gasteiger partial charge on any atom is -0.492 e. The van der Waals surface area contributed by atoms with Crippen LogP contribution in [0.5, 0.6) is 11.8 Å². The van der Waals surface area contributed by atoms with Gasteiger partial charge in [-0.05, 0) is 54.3 Å². The monoisotopic (exact) mass is 766 g/mol. The van der Waals surface area contributed by atoms with Gasteiger partial charge in [-0.25, -0.2) is 4.98 Å². The van der Waals surface area contributed by atoms with E-state index in [4.69, 9.17) is 25.5 Å². The summed E-state index contributed by atoms with van der Waals surface area (Å²) >= 11 is 6.54. The molecule has 0 atom stereocenters. The zero-order chi connectivity index (χ0) is 38.7. The molecule has 5 aromatic rings. The fourth-order valence-corrected chi connectivity index (χ4v) is 5.39. The molecule has 0 radical (unpaired) electrons. The van der Waals surface area contributed by atoms with Gasteiger partial charge in [0.05, 0.1) is 11.6 Å². The molecule has 13 nitrogen and oxygen atoms in total. The Hall–Kier alpha value is -5.90. The highest BCUT2D eigenvalue weighted by molar-refractivity contribution is 6.32. The number of ether oxygens (including phenoxy) is 2. The molecule has 2 amide bonds. The number of amides is 2. The molecule has 0 fully saturated rings. The van der Waals surface area contributed by atoms with Crippen molar-refractivity contribution >= 4 is 41.0 Å². The van der Waals surface area contributed by atoms with E-state index < -0.39 is 18.8 Å². The van der Waals surface area contributed by atoms with E-state index in [0.29, 0.717) is 52.9 Å². The Bertz CT molecular complexity index is 2010. The van der Waals surface area contributed by atoms with Crippen molar-refractivity contribution in [3.05, 3.63) is 101 Å². The number of rotatable bonds is 17. The van der Waals surface area contributed by atoms with Crippen LogP contribution < -0.4 is 25.4 Å². The highest BCUT2D eigenvalue weighted by Gasteiger charge is 2.29. The van der Waals surface area contributed by atoms with Crippen LogP contribution in [-0.4, -0.2) is 76.2 Å². The SMILES string of the molecule is CNC(=O)c1ccc(Nc2nc(NCc3ccc(OCCCN(CC(C)C)C(=O)c4ncoc4-c4ccccc4)c(Cl)c3)nc(OCC(F)(F)F)n2)cc1. The third-order valence-electron chi connectivity index (χ3n) is 7.57. The first kappa shape index (κ1) is 39.3. The molecule has 2 heterocycles. The second kappa shape index (κ2) is 18.2. The first-order valence-corrected chi connectivity index (χ1v) is 17.2. The first-order chi connectivity index (χ1) is 25.9. The topological polar surface area (TPSA) is 157 Å². The average Bonchev–Trinajstić information content (AvgIpc) is 3.65. The average molecular weight is 767 g/mol. The van der Waals surface area contributed by atoms with E-state index in [2.05, 4.69) is 35.9 Å². The van der Waals surface area contributed by atoms with E-state index in [1.165, 1.54) is 13.4 Å². The highest BCUT2D eigenvalue weighted by Crippen LogP contribution is 2.28. The summed E-state index contributed by atoms with van der Waals surface area (Å²) in [4.78, 5) is 43.5. The van der Waals surface area contributed by atoms with E-state index in [1.54, 1.807) is 47.4 Å². The Labute approximate surface area is 314 Å². The third kappa shape index (κ3) is 11.3. The van der Waals surface area contributed by atoms with E-state index >= 15 is 0 Å². The van der Waals surface area contributed by atoms with Crippen LogP contribution in [0.2, 0.25) is 5.02 Å². The summed E-state index contributed by atoms with van der Waals surface area (Å²) in [6.45, 7) is 3.81. The number of hydrogen-bond donors (Lipinski definition) is 3. The van der Waals surface area contributed by atoms with Crippen molar-refractivity contribution in [2.45, 2.75) is 33.0 Å². The molecule has 0 bridgehead atoms. The van der Waals surface area contributed by atoms with Crippen LogP contribution in [0.4, 0.5) is 30.8 Å². The number of nitrogens with zero attached hydrogens (tertiary/aromatic N) is 5. The van der Waals surface area contributed by atoms with Crippen molar-refractivity contribution in [2.24, 2.45) is 5.92 Å². The van der Waals surface area contributed by atoms with Gasteiger partial charge in [0.1, 0.15) is 5.75 Å². The van der Waals surface area contributed by atoms with Crippen LogP contribution in [0, 0.1) is 5.92 Å². The summed E-state index contributed by atoms with van der Waals surface area (Å²) in [5.74, 6) is 0.390. The van der Waals surface area contributed by atoms with Crippen molar-refractivity contribution in [3.8, 4) is 23.1 Å². The van der Waals surface area contributed by atoms with Gasteiger partial charge in [-0.3, -0.25) is 9.59 Å². The molecule has 3 aromatic carbocycles. The summed E-state index contributed by atoms with van der Waals surface area (Å²) in [6, 6.07) is 20.2. The molecule has 284 valence electrons. The number of carbonyl (C=O) groups is 2. The molecule has 0 saturated carbocycles. The number of halogens is 4. The molecule has 3 N–H and O–H groups in total. The van der Waals surface area contributed by atoms with E-state index in [1.807, 2.05) is 44.2 Å². The summed E-state index contributed by atoms with van der Waals surface area (Å²) in [5.41, 5.74) is 2.58. The highest BCUT2D eigenvalue weighted by atomic mass is 35.5. The van der Waals surface area contributed by atoms with Crippen LogP contribution in [-0.2, 0) is 6.54 Å². The van der Waals surface area contributed by atoms with Gasteiger partial charge in [-0.2, -0.15) is 28.1 Å². The molecule has 54 heavy (non-hydrogen) atoms. The van der Waals surface area contributed by atoms with E-state index in [9.17, 15) is 22.8 Å². The normalized spacial score (nSPS) is 11.3. The quantitative estimate of drug-likeness (QED) is 0.0811. The largest absolute Gasteiger partial charge is 0.492 e. The summed E-state index contributed by atoms with van der Waals surface area (Å²) in [7, 11) is 1.51. The zero-order valence-corrected chi connectivity index (χ0v) is 30.4. The van der Waals surface area contributed by atoms with Crippen LogP contribution in [0.3, 0.4) is 0 Å². The summed E-state index contributed by atoms with van der Waals surface area (Å²) in [6.07, 6.45) is -2.82. The molecule has 5 rings (SSSR count). The minimum atomic E-state index is -4.61. The van der Waals surface area contributed by atoms with Crippen molar-refractivity contribution < 1.29 is 36.7 Å². The molecule has 0 aliphatic carbocycles. The number of aromatic nitrogens is 4. The van der Waals surface area contributed by atoms with Gasteiger partial charge >= 0.3 is 12.2 Å². The molecule has 0 unspecified atom stereocenters. The first-order valence-electron chi connectivity index (χ1n) is 16.9. The van der Waals surface area contributed by atoms with E-state index in [-0.39, 0.29) is 48.5 Å². The predicted molar refractivity (Wildman–Crippen MR) is 196 cm³/mol. The maximum absolute atomic E-state index is 13.5. The molecule has 0 saturated heterocycles. The molecule has 0 aliphatic heterocycles.